The predicted molar refractivity (Wildman–Crippen MR) is 111 cm³/mol. The van der Waals surface area contributed by atoms with Gasteiger partial charge in [-0.25, -0.2) is 9.59 Å². The molecule has 1 aliphatic rings. The topological polar surface area (TPSA) is 169 Å². The summed E-state index contributed by atoms with van der Waals surface area (Å²) in [6.07, 6.45) is -7.19. The third-order valence-corrected chi connectivity index (χ3v) is 5.16. The van der Waals surface area contributed by atoms with E-state index < -0.39 is 48.9 Å². The van der Waals surface area contributed by atoms with Crippen LogP contribution in [0.4, 0.5) is 0 Å². The summed E-state index contributed by atoms with van der Waals surface area (Å²) in [5.74, 6) is -0.417. The fourth-order valence-electron chi connectivity index (χ4n) is 3.43. The molecule has 15 heteroatoms. The molecule has 5 atom stereocenters. The third kappa shape index (κ3) is 9.52. The van der Waals surface area contributed by atoms with Crippen molar-refractivity contribution in [2.24, 2.45) is 0 Å². The van der Waals surface area contributed by atoms with Crippen molar-refractivity contribution < 1.29 is 225 Å². The van der Waals surface area contributed by atoms with E-state index in [1.807, 2.05) is 0 Å². The van der Waals surface area contributed by atoms with Gasteiger partial charge in [0.25, 0.3) is 0 Å². The maximum Gasteiger partial charge on any atom is 0.374 e. The predicted octanol–water partition coefficient (Wildman–Crippen LogP) is 0.408. The Balaban J connectivity index is 0.00000324. The number of hydrogen-bond acceptors (Lipinski definition) is 11. The van der Waals surface area contributed by atoms with Crippen LogP contribution in [-0.4, -0.2) is 70.3 Å². The van der Waals surface area contributed by atoms with E-state index in [0.29, 0.717) is 5.39 Å². The van der Waals surface area contributed by atoms with Crippen LogP contribution in [0.2, 0.25) is 0 Å². The number of benzene rings is 1. The van der Waals surface area contributed by atoms with Crippen molar-refractivity contribution in [3.05, 3.63) is 52.6 Å². The Kier molecular flexibility index (Phi) is 19.5. The minimum absolute atomic E-state index is 0. The normalized spacial score (nSPS) is 22.5. The monoisotopic (exact) mass is 1370 g/mol. The number of fused-ring (bicyclic) bond motifs is 1. The number of aliphatic hydroxyl groups is 4. The van der Waals surface area contributed by atoms with E-state index in [0.717, 1.165) is 0 Å². The van der Waals surface area contributed by atoms with E-state index in [-0.39, 0.29) is 211 Å². The number of esters is 1. The molecule has 1 aromatic carbocycles. The second-order valence-corrected chi connectivity index (χ2v) is 7.35. The smallest absolute Gasteiger partial charge is 0.374 e. The maximum atomic E-state index is 12.5. The summed E-state index contributed by atoms with van der Waals surface area (Å²) in [7, 11) is 0. The van der Waals surface area contributed by atoms with Gasteiger partial charge >= 0.3 is 11.6 Å². The molecule has 0 saturated carbocycles. The van der Waals surface area contributed by atoms with E-state index in [1.165, 1.54) is 30.3 Å². The number of aliphatic hydroxyl groups excluding tert-OH is 4. The summed E-state index contributed by atoms with van der Waals surface area (Å²) in [5.41, 5.74) is -0.471. The number of ether oxygens (including phenoxy) is 3. The second-order valence-electron chi connectivity index (χ2n) is 7.35. The number of carbonyl (C=O) groups is 1. The molecule has 0 spiro atoms. The SMILES string of the molecule is CCOC(=O)c1ccc(-c2cc3ccc(OC4O[C@H](CO)C(O)C(O)C4O)cc3oc2=O)o1.[Ac].[Ac].[Ac].[Ac]. The van der Waals surface area contributed by atoms with E-state index >= 15 is 0 Å². The van der Waals surface area contributed by atoms with Crippen molar-refractivity contribution in [2.75, 3.05) is 13.2 Å². The standard InChI is InChI=1S/C22H22O11.4Ac/c1-2-29-21(28)14-6-5-13(31-14)12-7-10-3-4-11(8-15(10)32-20(12)27)30-22-19(26)18(25)17(24)16(9-23)33-22;;;;/h3-8,16-19,22-26H,2,9H2,1H3;;;;/t16-,17?,18?,19?,22?;;;;/m1..../s1. The van der Waals surface area contributed by atoms with Gasteiger partial charge in [-0.2, -0.15) is 0 Å². The second kappa shape index (κ2) is 18.3. The van der Waals surface area contributed by atoms with Crippen LogP contribution in [-0.2, 0) is 9.47 Å². The number of carbonyl (C=O) groups excluding carboxylic acids is 1. The average Bonchev–Trinajstić information content (AvgIpc) is 3.29. The molecule has 1 saturated heterocycles. The molecule has 4 radical (unpaired) electrons. The van der Waals surface area contributed by atoms with Gasteiger partial charge in [0.05, 0.1) is 13.2 Å². The average molecular weight is 1370 g/mol. The Hall–Kier alpha value is 2.55. The molecule has 11 nitrogen and oxygen atoms in total. The molecule has 188 valence electrons. The summed E-state index contributed by atoms with van der Waals surface area (Å²) < 4.78 is 26.5. The van der Waals surface area contributed by atoms with Gasteiger partial charge in [0.2, 0.25) is 12.1 Å². The zero-order valence-electron chi connectivity index (χ0n) is 19.7. The first kappa shape index (κ1) is 39.5. The number of rotatable bonds is 6. The summed E-state index contributed by atoms with van der Waals surface area (Å²) in [6, 6.07) is 8.85. The molecule has 4 N–H and O–H groups in total. The molecular formula is C22H22Ac4O11. The van der Waals surface area contributed by atoms with Crippen LogP contribution in [0, 0.1) is 176 Å². The molecule has 4 unspecified atom stereocenters. The van der Waals surface area contributed by atoms with Gasteiger partial charge in [-0.15, -0.1) is 0 Å². The molecule has 0 amide bonds. The summed E-state index contributed by atoms with van der Waals surface area (Å²) in [5, 5.41) is 39.7. The van der Waals surface area contributed by atoms with Gasteiger partial charge in [0, 0.05) is 188 Å². The van der Waals surface area contributed by atoms with Crippen LogP contribution in [0.1, 0.15) is 17.5 Å². The number of hydrogen-bond donors (Lipinski definition) is 4. The minimum Gasteiger partial charge on any atom is -0.462 e. The molecule has 2 aromatic heterocycles. The zero-order chi connectivity index (χ0) is 23.7. The Labute approximate surface area is 354 Å². The van der Waals surface area contributed by atoms with Crippen LogP contribution in [0.5, 0.6) is 5.75 Å². The molecule has 37 heavy (non-hydrogen) atoms. The van der Waals surface area contributed by atoms with Crippen LogP contribution >= 0.6 is 0 Å². The van der Waals surface area contributed by atoms with E-state index in [4.69, 9.17) is 23.0 Å². The quantitative estimate of drug-likeness (QED) is 0.200. The van der Waals surface area contributed by atoms with Crippen molar-refractivity contribution in [3.63, 3.8) is 0 Å². The van der Waals surface area contributed by atoms with Gasteiger partial charge in [0.15, 0.2) is 0 Å². The first-order valence-corrected chi connectivity index (χ1v) is 10.1. The van der Waals surface area contributed by atoms with Crippen molar-refractivity contribution in [1.29, 1.82) is 0 Å². The molecule has 1 fully saturated rings. The van der Waals surface area contributed by atoms with Gasteiger partial charge in [-0.1, -0.05) is 0 Å². The molecule has 1 aliphatic heterocycles. The van der Waals surface area contributed by atoms with Crippen molar-refractivity contribution in [2.45, 2.75) is 37.6 Å². The summed E-state index contributed by atoms with van der Waals surface area (Å²) in [4.78, 5) is 24.3. The largest absolute Gasteiger partial charge is 0.462 e. The molecule has 0 bridgehead atoms. The Bertz CT molecular complexity index is 1210. The van der Waals surface area contributed by atoms with Crippen molar-refractivity contribution in [1.82, 2.24) is 0 Å². The van der Waals surface area contributed by atoms with Gasteiger partial charge in [-0.05, 0) is 37.3 Å². The first-order chi connectivity index (χ1) is 15.8. The fourth-order valence-corrected chi connectivity index (χ4v) is 3.43. The van der Waals surface area contributed by atoms with Crippen LogP contribution in [0.3, 0.4) is 0 Å². The minimum atomic E-state index is -1.59. The van der Waals surface area contributed by atoms with E-state index in [9.17, 15) is 30.0 Å². The van der Waals surface area contributed by atoms with Crippen LogP contribution in [0.15, 0.2) is 50.0 Å². The Morgan fingerprint density at radius 2 is 1.65 bits per heavy atom. The van der Waals surface area contributed by atoms with E-state index in [1.54, 1.807) is 13.0 Å². The molecule has 3 aromatic rings. The van der Waals surface area contributed by atoms with Gasteiger partial charge in [-0.3, -0.25) is 0 Å². The van der Waals surface area contributed by atoms with Gasteiger partial charge in [0.1, 0.15) is 47.1 Å². The van der Waals surface area contributed by atoms with Gasteiger partial charge < -0.3 is 43.5 Å². The maximum absolute atomic E-state index is 12.5. The first-order valence-electron chi connectivity index (χ1n) is 10.1. The summed E-state index contributed by atoms with van der Waals surface area (Å²) in [6.45, 7) is 1.25. The Morgan fingerprint density at radius 1 is 0.946 bits per heavy atom. The molecular weight excluding hydrogens is 1350 g/mol. The Morgan fingerprint density at radius 3 is 2.30 bits per heavy atom. The van der Waals surface area contributed by atoms with Crippen LogP contribution < -0.4 is 10.4 Å². The molecule has 4 rings (SSSR count). The molecule has 0 aliphatic carbocycles. The van der Waals surface area contributed by atoms with Crippen LogP contribution in [0.25, 0.3) is 22.3 Å². The van der Waals surface area contributed by atoms with Crippen molar-refractivity contribution in [3.8, 4) is 17.1 Å². The molecule has 3 heterocycles. The zero-order valence-corrected chi connectivity index (χ0v) is 38.7. The summed E-state index contributed by atoms with van der Waals surface area (Å²) >= 11 is 0. The fraction of sp³-hybridized carbons (Fsp3) is 0.364. The number of furan rings is 1. The van der Waals surface area contributed by atoms with E-state index in [2.05, 4.69) is 0 Å². The third-order valence-electron chi connectivity index (χ3n) is 5.16. The van der Waals surface area contributed by atoms with Crippen molar-refractivity contribution >= 4 is 16.9 Å².